The van der Waals surface area contributed by atoms with E-state index >= 15 is 0 Å². The quantitative estimate of drug-likeness (QED) is 0.441. The fourth-order valence-electron chi connectivity index (χ4n) is 3.26. The molecule has 146 valence electrons. The Hall–Kier alpha value is -2.90. The monoisotopic (exact) mass is 469 g/mol. The van der Waals surface area contributed by atoms with Crippen molar-refractivity contribution in [3.8, 4) is 5.69 Å². The second kappa shape index (κ2) is 7.85. The van der Waals surface area contributed by atoms with Gasteiger partial charge in [-0.05, 0) is 52.5 Å². The first-order chi connectivity index (χ1) is 14.0. The lowest BCUT2D eigenvalue weighted by Crippen LogP contribution is -2.26. The van der Waals surface area contributed by atoms with Gasteiger partial charge in [-0.25, -0.2) is 4.98 Å². The van der Waals surface area contributed by atoms with Crippen LogP contribution in [0.25, 0.3) is 16.5 Å². The van der Waals surface area contributed by atoms with Crippen LogP contribution in [0.1, 0.15) is 18.7 Å². The highest BCUT2D eigenvalue weighted by Crippen LogP contribution is 2.28. The van der Waals surface area contributed by atoms with E-state index in [0.29, 0.717) is 20.7 Å². The number of para-hydroxylation sites is 1. The third kappa shape index (κ3) is 3.71. The van der Waals surface area contributed by atoms with Crippen molar-refractivity contribution in [3.05, 3.63) is 86.3 Å². The van der Waals surface area contributed by atoms with E-state index < -0.39 is 0 Å². The summed E-state index contributed by atoms with van der Waals surface area (Å²) in [5.41, 5.74) is 7.07. The summed E-state index contributed by atoms with van der Waals surface area (Å²) in [6, 6.07) is 16.6. The second-order valence-electron chi connectivity index (χ2n) is 6.54. The molecule has 0 spiro atoms. The van der Waals surface area contributed by atoms with Crippen molar-refractivity contribution in [2.45, 2.75) is 13.0 Å². The van der Waals surface area contributed by atoms with Crippen molar-refractivity contribution in [1.29, 1.82) is 0 Å². The van der Waals surface area contributed by atoms with Gasteiger partial charge in [-0.15, -0.1) is 0 Å². The van der Waals surface area contributed by atoms with Crippen LogP contribution in [0.2, 0.25) is 5.02 Å². The SMILES string of the molecule is CC(Nc1nc(N)ncc1Br)c1cc2cccc(Cl)c2c(=O)n1-c1ccccc1. The van der Waals surface area contributed by atoms with Crippen LogP contribution in [0.4, 0.5) is 11.8 Å². The van der Waals surface area contributed by atoms with Crippen LogP contribution in [-0.4, -0.2) is 14.5 Å². The molecule has 0 bridgehead atoms. The van der Waals surface area contributed by atoms with Gasteiger partial charge in [-0.3, -0.25) is 9.36 Å². The summed E-state index contributed by atoms with van der Waals surface area (Å²) in [4.78, 5) is 21.6. The van der Waals surface area contributed by atoms with Gasteiger partial charge in [0.05, 0.1) is 20.9 Å². The summed E-state index contributed by atoms with van der Waals surface area (Å²) in [6.45, 7) is 1.95. The molecule has 4 aromatic rings. The van der Waals surface area contributed by atoms with Crippen LogP contribution in [-0.2, 0) is 0 Å². The first-order valence-corrected chi connectivity index (χ1v) is 10.1. The Kier molecular flexibility index (Phi) is 5.25. The molecule has 2 heterocycles. The Labute approximate surface area is 180 Å². The lowest BCUT2D eigenvalue weighted by atomic mass is 10.1. The number of halogens is 2. The molecule has 8 heteroatoms. The Bertz CT molecular complexity index is 1260. The van der Waals surface area contributed by atoms with Gasteiger partial charge >= 0.3 is 0 Å². The Morgan fingerprint density at radius 2 is 1.93 bits per heavy atom. The molecule has 3 N–H and O–H groups in total. The van der Waals surface area contributed by atoms with E-state index in [1.54, 1.807) is 16.8 Å². The number of aromatic nitrogens is 3. The van der Waals surface area contributed by atoms with E-state index in [1.807, 2.05) is 55.5 Å². The summed E-state index contributed by atoms with van der Waals surface area (Å²) in [5, 5.41) is 5.00. The maximum absolute atomic E-state index is 13.4. The molecule has 0 saturated carbocycles. The smallest absolute Gasteiger partial charge is 0.264 e. The summed E-state index contributed by atoms with van der Waals surface area (Å²) in [7, 11) is 0. The van der Waals surface area contributed by atoms with Gasteiger partial charge in [-0.1, -0.05) is 41.9 Å². The van der Waals surface area contributed by atoms with Crippen molar-refractivity contribution in [2.24, 2.45) is 0 Å². The molecule has 0 saturated heterocycles. The van der Waals surface area contributed by atoms with Crippen molar-refractivity contribution in [2.75, 3.05) is 11.1 Å². The molecule has 2 aromatic heterocycles. The van der Waals surface area contributed by atoms with Crippen LogP contribution in [0, 0.1) is 0 Å². The van der Waals surface area contributed by atoms with Crippen molar-refractivity contribution < 1.29 is 0 Å². The maximum atomic E-state index is 13.4. The summed E-state index contributed by atoms with van der Waals surface area (Å²) in [5.74, 6) is 0.705. The van der Waals surface area contributed by atoms with Crippen LogP contribution in [0.3, 0.4) is 0 Å². The molecule has 0 aliphatic heterocycles. The molecule has 0 fully saturated rings. The number of nitrogens with one attached hydrogen (secondary N) is 1. The van der Waals surface area contributed by atoms with Crippen molar-refractivity contribution >= 4 is 50.1 Å². The molecule has 0 aliphatic rings. The molecule has 2 aromatic carbocycles. The summed E-state index contributed by atoms with van der Waals surface area (Å²) in [6.07, 6.45) is 1.59. The zero-order valence-electron chi connectivity index (χ0n) is 15.4. The van der Waals surface area contributed by atoms with E-state index in [0.717, 1.165) is 16.8 Å². The van der Waals surface area contributed by atoms with E-state index in [-0.39, 0.29) is 17.5 Å². The number of nitrogen functional groups attached to an aromatic ring is 1. The minimum absolute atomic E-state index is 0.161. The predicted molar refractivity (Wildman–Crippen MR) is 121 cm³/mol. The number of nitrogens with zero attached hydrogens (tertiary/aromatic N) is 3. The van der Waals surface area contributed by atoms with Crippen LogP contribution < -0.4 is 16.6 Å². The van der Waals surface area contributed by atoms with Gasteiger partial charge in [0.25, 0.3) is 5.56 Å². The Balaban J connectivity index is 1.93. The highest BCUT2D eigenvalue weighted by atomic mass is 79.9. The van der Waals surface area contributed by atoms with E-state index in [9.17, 15) is 4.79 Å². The van der Waals surface area contributed by atoms with Crippen molar-refractivity contribution in [1.82, 2.24) is 14.5 Å². The first kappa shape index (κ1) is 19.4. The van der Waals surface area contributed by atoms with Gasteiger partial charge in [0.1, 0.15) is 5.82 Å². The number of hydrogen-bond acceptors (Lipinski definition) is 5. The van der Waals surface area contributed by atoms with Crippen LogP contribution in [0.15, 0.2) is 70.1 Å². The van der Waals surface area contributed by atoms with Gasteiger partial charge in [0, 0.05) is 17.6 Å². The fourth-order valence-corrected chi connectivity index (χ4v) is 3.83. The third-order valence-corrected chi connectivity index (χ3v) is 5.49. The number of benzene rings is 2. The van der Waals surface area contributed by atoms with Gasteiger partial charge in [0.2, 0.25) is 5.95 Å². The highest BCUT2D eigenvalue weighted by Gasteiger charge is 2.19. The van der Waals surface area contributed by atoms with Crippen LogP contribution in [0.5, 0.6) is 0 Å². The highest BCUT2D eigenvalue weighted by molar-refractivity contribution is 9.10. The molecule has 1 atom stereocenters. The molecule has 0 amide bonds. The number of rotatable bonds is 4. The number of hydrogen-bond donors (Lipinski definition) is 2. The third-order valence-electron chi connectivity index (χ3n) is 4.60. The summed E-state index contributed by atoms with van der Waals surface area (Å²) >= 11 is 9.79. The van der Waals surface area contributed by atoms with E-state index in [2.05, 4.69) is 31.2 Å². The predicted octanol–water partition coefficient (Wildman–Crippen LogP) is 4.95. The molecule has 1 unspecified atom stereocenters. The van der Waals surface area contributed by atoms with E-state index in [4.69, 9.17) is 17.3 Å². The lowest BCUT2D eigenvalue weighted by Gasteiger charge is -2.22. The molecule has 0 radical (unpaired) electrons. The first-order valence-electron chi connectivity index (χ1n) is 8.90. The largest absolute Gasteiger partial charge is 0.368 e. The minimum atomic E-state index is -0.267. The lowest BCUT2D eigenvalue weighted by molar-refractivity contribution is 0.772. The molecule has 0 aliphatic carbocycles. The molecular weight excluding hydrogens is 454 g/mol. The molecule has 6 nitrogen and oxygen atoms in total. The van der Waals surface area contributed by atoms with Gasteiger partial charge in [-0.2, -0.15) is 4.98 Å². The van der Waals surface area contributed by atoms with E-state index in [1.165, 1.54) is 0 Å². The van der Waals surface area contributed by atoms with Gasteiger partial charge < -0.3 is 11.1 Å². The Morgan fingerprint density at radius 3 is 2.69 bits per heavy atom. The minimum Gasteiger partial charge on any atom is -0.368 e. The number of pyridine rings is 1. The molecule has 29 heavy (non-hydrogen) atoms. The number of fused-ring (bicyclic) bond motifs is 1. The standard InChI is InChI=1S/C21H17BrClN5O/c1-12(26-19-15(22)11-25-21(24)27-19)17-10-13-6-5-9-16(23)18(13)20(29)28(17)14-7-3-2-4-8-14/h2-12H,1H3,(H3,24,25,26,27). The number of nitrogens with two attached hydrogens (primary N) is 1. The average molecular weight is 471 g/mol. The van der Waals surface area contributed by atoms with Crippen LogP contribution >= 0.6 is 27.5 Å². The topological polar surface area (TPSA) is 85.8 Å². The zero-order valence-corrected chi connectivity index (χ0v) is 17.8. The molecule has 4 rings (SSSR count). The average Bonchev–Trinajstić information content (AvgIpc) is 2.71. The van der Waals surface area contributed by atoms with Crippen molar-refractivity contribution in [3.63, 3.8) is 0 Å². The molecular formula is C21H17BrClN5O. The summed E-state index contributed by atoms with van der Waals surface area (Å²) < 4.78 is 2.35. The second-order valence-corrected chi connectivity index (χ2v) is 7.80. The fraction of sp³-hybridized carbons (Fsp3) is 0.0952. The number of anilines is 2. The Morgan fingerprint density at radius 1 is 1.17 bits per heavy atom. The zero-order chi connectivity index (χ0) is 20.5. The van der Waals surface area contributed by atoms with Gasteiger partial charge in [0.15, 0.2) is 0 Å². The normalized spacial score (nSPS) is 12.1. The maximum Gasteiger partial charge on any atom is 0.264 e.